The lowest BCUT2D eigenvalue weighted by molar-refractivity contribution is -0.371. The number of rotatable bonds is 9. The Hall–Kier alpha value is -2.74. The molecule has 21 nitrogen and oxygen atoms in total. The first-order valence-electron chi connectivity index (χ1n) is 24.2. The van der Waals surface area contributed by atoms with E-state index < -0.39 is 173 Å². The van der Waals surface area contributed by atoms with Gasteiger partial charge >= 0.3 is 17.9 Å². The molecule has 21 heteroatoms. The van der Waals surface area contributed by atoms with E-state index >= 15 is 4.79 Å². The molecule has 69 heavy (non-hydrogen) atoms. The summed E-state index contributed by atoms with van der Waals surface area (Å²) in [6.07, 6.45) is -23.1. The number of aliphatic hydroxyl groups excluding tert-OH is 9. The van der Waals surface area contributed by atoms with Crippen molar-refractivity contribution in [3.8, 4) is 0 Å². The van der Waals surface area contributed by atoms with Crippen LogP contribution in [0.1, 0.15) is 99.8 Å². The Morgan fingerprint density at radius 1 is 0.652 bits per heavy atom. The molecule has 4 saturated carbocycles. The van der Waals surface area contributed by atoms with Crippen molar-refractivity contribution >= 4 is 23.7 Å². The summed E-state index contributed by atoms with van der Waals surface area (Å²) in [6, 6.07) is 0. The van der Waals surface area contributed by atoms with Crippen LogP contribution in [0.3, 0.4) is 0 Å². The number of carboxylic acid groups (broad SMARTS) is 3. The van der Waals surface area contributed by atoms with Gasteiger partial charge in [-0.25, -0.2) is 9.59 Å². The van der Waals surface area contributed by atoms with Gasteiger partial charge in [-0.15, -0.1) is 0 Å². The molecule has 0 spiro atoms. The van der Waals surface area contributed by atoms with Gasteiger partial charge in [0.2, 0.25) is 0 Å². The fourth-order valence-corrected chi connectivity index (χ4v) is 15.6. The minimum Gasteiger partial charge on any atom is -0.481 e. The highest BCUT2D eigenvalue weighted by Crippen LogP contribution is 2.76. The molecule has 7 fully saturated rings. The maximum absolute atomic E-state index is 15.4. The quantitative estimate of drug-likeness (QED) is 0.127. The molecule has 8 aliphatic rings. The Kier molecular flexibility index (Phi) is 13.5. The minimum absolute atomic E-state index is 0.143. The molecule has 8 rings (SSSR count). The Morgan fingerprint density at radius 3 is 1.83 bits per heavy atom. The second kappa shape index (κ2) is 17.7. The molecule has 25 atom stereocenters. The molecule has 0 aromatic carbocycles. The summed E-state index contributed by atoms with van der Waals surface area (Å²) in [5.41, 5.74) is -4.21. The maximum Gasteiger partial charge on any atom is 0.335 e. The van der Waals surface area contributed by atoms with Crippen molar-refractivity contribution in [2.75, 3.05) is 6.61 Å². The van der Waals surface area contributed by atoms with Crippen molar-refractivity contribution in [3.05, 3.63) is 11.6 Å². The van der Waals surface area contributed by atoms with Crippen molar-refractivity contribution < 1.29 is 104 Å². The number of carbonyl (C=O) groups is 4. The van der Waals surface area contributed by atoms with Crippen LogP contribution in [-0.4, -0.2) is 190 Å². The largest absolute Gasteiger partial charge is 0.481 e. The molecule has 3 heterocycles. The standard InChI is InChI=1S/C48H72O21/c1-43(2)21-8-11-48(7)37(19(50)16-18-23-24(33-28(54)26(52)25(51)20(17-49)65-33)46(5,42(63)64)14-12-44(23,3)13-15-47(18,48)6)45(21,4)10-9-22(43)66-41-36(31(57)30(56)35(68-41)39(61)62)69-40-32(58)27(53)29(55)34(67-40)38(59)60/h16,20-37,40-41,49,51-58H,8-15,17H2,1-7H3,(H,59,60)(H,61,62)(H,63,64)/t20-,21+,22+,23-,24?,25-,26+,27+,28-,29+,30+,31+,32-,33?,34+,35+,36-,37-,40+,41+,44-,45+,46+,47-,48-/m1/s1. The van der Waals surface area contributed by atoms with Gasteiger partial charge in [-0.3, -0.25) is 9.59 Å². The van der Waals surface area contributed by atoms with Gasteiger partial charge < -0.3 is 85.0 Å². The van der Waals surface area contributed by atoms with E-state index in [0.717, 1.165) is 5.57 Å². The van der Waals surface area contributed by atoms with Crippen LogP contribution >= 0.6 is 0 Å². The third-order valence-corrected chi connectivity index (χ3v) is 19.8. The molecular weight excluding hydrogens is 913 g/mol. The van der Waals surface area contributed by atoms with Crippen molar-refractivity contribution in [2.45, 2.75) is 198 Å². The average molecular weight is 985 g/mol. The van der Waals surface area contributed by atoms with E-state index in [0.29, 0.717) is 38.5 Å². The second-order valence-corrected chi connectivity index (χ2v) is 23.5. The average Bonchev–Trinajstić information content (AvgIpc) is 3.27. The summed E-state index contributed by atoms with van der Waals surface area (Å²) >= 11 is 0. The van der Waals surface area contributed by atoms with E-state index in [9.17, 15) is 75.7 Å². The van der Waals surface area contributed by atoms with E-state index in [2.05, 4.69) is 27.7 Å². The molecule has 0 radical (unpaired) electrons. The number of aliphatic carboxylic acids is 3. The van der Waals surface area contributed by atoms with Crippen molar-refractivity contribution in [2.24, 2.45) is 56.2 Å². The van der Waals surface area contributed by atoms with Gasteiger partial charge in [0, 0.05) is 11.8 Å². The van der Waals surface area contributed by atoms with Crippen LogP contribution in [0.25, 0.3) is 0 Å². The number of aliphatic hydroxyl groups is 9. The van der Waals surface area contributed by atoms with Gasteiger partial charge in [-0.1, -0.05) is 47.1 Å². The molecule has 0 bridgehead atoms. The number of hydrogen-bond acceptors (Lipinski definition) is 18. The number of carboxylic acids is 3. The first-order chi connectivity index (χ1) is 32.0. The van der Waals surface area contributed by atoms with Gasteiger partial charge in [0.15, 0.2) is 30.6 Å². The fraction of sp³-hybridized carbons (Fsp3) is 0.875. The molecule has 0 aromatic rings. The number of allylic oxidation sites excluding steroid dienone is 2. The second-order valence-electron chi connectivity index (χ2n) is 23.5. The third kappa shape index (κ3) is 7.69. The van der Waals surface area contributed by atoms with Crippen LogP contribution in [0.4, 0.5) is 0 Å². The minimum atomic E-state index is -2.11. The van der Waals surface area contributed by atoms with Gasteiger partial charge in [-0.05, 0) is 103 Å². The van der Waals surface area contributed by atoms with Gasteiger partial charge in [0.1, 0.15) is 61.0 Å². The number of hydrogen-bond donors (Lipinski definition) is 12. The predicted molar refractivity (Wildman–Crippen MR) is 232 cm³/mol. The zero-order valence-corrected chi connectivity index (χ0v) is 40.0. The van der Waals surface area contributed by atoms with E-state index in [-0.39, 0.29) is 24.5 Å². The molecule has 3 saturated heterocycles. The predicted octanol–water partition coefficient (Wildman–Crippen LogP) is -0.686. The number of fused-ring (bicyclic) bond motifs is 7. The van der Waals surface area contributed by atoms with Crippen LogP contribution in [0.15, 0.2) is 11.6 Å². The Morgan fingerprint density at radius 2 is 1.23 bits per heavy atom. The van der Waals surface area contributed by atoms with Crippen molar-refractivity contribution in [3.63, 3.8) is 0 Å². The zero-order valence-electron chi connectivity index (χ0n) is 40.0. The Labute approximate surface area is 399 Å². The zero-order chi connectivity index (χ0) is 51.0. The summed E-state index contributed by atoms with van der Waals surface area (Å²) in [7, 11) is 0. The summed E-state index contributed by atoms with van der Waals surface area (Å²) < 4.78 is 29.7. The molecule has 5 aliphatic carbocycles. The highest BCUT2D eigenvalue weighted by Gasteiger charge is 2.73. The van der Waals surface area contributed by atoms with Crippen LogP contribution in [0.2, 0.25) is 0 Å². The van der Waals surface area contributed by atoms with Crippen LogP contribution in [0, 0.1) is 56.2 Å². The van der Waals surface area contributed by atoms with Crippen LogP contribution in [0.5, 0.6) is 0 Å². The van der Waals surface area contributed by atoms with Crippen LogP contribution < -0.4 is 0 Å². The van der Waals surface area contributed by atoms with Crippen LogP contribution in [-0.2, 0) is 42.9 Å². The first-order valence-corrected chi connectivity index (χ1v) is 24.2. The molecule has 390 valence electrons. The summed E-state index contributed by atoms with van der Waals surface area (Å²) in [4.78, 5) is 53.0. The fourth-order valence-electron chi connectivity index (χ4n) is 15.6. The summed E-state index contributed by atoms with van der Waals surface area (Å²) in [5.74, 6) is -7.05. The lowest BCUT2D eigenvalue weighted by Gasteiger charge is -2.71. The van der Waals surface area contributed by atoms with Gasteiger partial charge in [-0.2, -0.15) is 0 Å². The van der Waals surface area contributed by atoms with E-state index in [1.165, 1.54) is 0 Å². The monoisotopic (exact) mass is 984 g/mol. The molecular formula is C48H72O21. The highest BCUT2D eigenvalue weighted by molar-refractivity contribution is 5.96. The van der Waals surface area contributed by atoms with Gasteiger partial charge in [0.25, 0.3) is 0 Å². The van der Waals surface area contributed by atoms with Gasteiger partial charge in [0.05, 0.1) is 24.2 Å². The summed E-state index contributed by atoms with van der Waals surface area (Å²) in [6.45, 7) is 13.3. The molecule has 2 unspecified atom stereocenters. The molecule has 12 N–H and O–H groups in total. The van der Waals surface area contributed by atoms with Crippen molar-refractivity contribution in [1.29, 1.82) is 0 Å². The molecule has 3 aliphatic heterocycles. The molecule has 0 aromatic heterocycles. The lowest BCUT2D eigenvalue weighted by Crippen LogP contribution is -2.70. The first kappa shape index (κ1) is 52.6. The summed E-state index contributed by atoms with van der Waals surface area (Å²) in [5, 5.41) is 128. The highest BCUT2D eigenvalue weighted by atomic mass is 16.8. The van der Waals surface area contributed by atoms with Crippen molar-refractivity contribution in [1.82, 2.24) is 0 Å². The Bertz CT molecular complexity index is 2060. The topological polar surface area (TPSA) is 357 Å². The number of carbonyl (C=O) groups excluding carboxylic acids is 1. The SMILES string of the molecule is CC1(C)[C@@H](O[C@H]2O[C@H](C(=O)O)[C@@H](O)[C@H](O)[C@H]2O[C@@H]2O[C@H](C(=O)O)[C@@H](O)[C@H](O)[C@H]2O)CC[C@]2(C)[C@H]3C(=O)C=C4[C@@H]5C(C6O[C@H](CO)[C@@H](O)[C@H](O)[C@H]6O)[C@@](C)(C(=O)O)CC[C@]5(C)CC[C@@]4(C)[C@]3(C)CC[C@@H]12. The third-order valence-electron chi connectivity index (χ3n) is 19.8. The molecule has 0 amide bonds. The normalized spacial score (nSPS) is 53.9. The van der Waals surface area contributed by atoms with E-state index in [1.54, 1.807) is 13.0 Å². The Balaban J connectivity index is 1.12. The van der Waals surface area contributed by atoms with E-state index in [1.807, 2.05) is 13.8 Å². The smallest absolute Gasteiger partial charge is 0.335 e. The number of ketones is 1. The lowest BCUT2D eigenvalue weighted by atomic mass is 9.32. The number of ether oxygens (including phenoxy) is 5. The maximum atomic E-state index is 15.4. The van der Waals surface area contributed by atoms with E-state index in [4.69, 9.17) is 23.7 Å².